The van der Waals surface area contributed by atoms with Crippen molar-refractivity contribution < 1.29 is 14.0 Å². The van der Waals surface area contributed by atoms with E-state index in [2.05, 4.69) is 33.4 Å². The smallest absolute Gasteiger partial charge is 0.233 e. The molecular weight excluding hydrogens is 459 g/mol. The van der Waals surface area contributed by atoms with E-state index in [0.717, 1.165) is 29.3 Å². The number of hydrogen-bond donors (Lipinski definition) is 1. The zero-order chi connectivity index (χ0) is 21.8. The fourth-order valence-electron chi connectivity index (χ4n) is 4.74. The largest absolute Gasteiger partial charge is 0.356 e. The zero-order valence-electron chi connectivity index (χ0n) is 17.6. The van der Waals surface area contributed by atoms with Crippen molar-refractivity contribution in [3.05, 3.63) is 69.9 Å². The van der Waals surface area contributed by atoms with E-state index in [4.69, 9.17) is 0 Å². The van der Waals surface area contributed by atoms with Crippen LogP contribution >= 0.6 is 15.9 Å². The Morgan fingerprint density at radius 3 is 2.35 bits per heavy atom. The van der Waals surface area contributed by atoms with Gasteiger partial charge in [-0.2, -0.15) is 0 Å². The molecule has 0 aromatic heterocycles. The summed E-state index contributed by atoms with van der Waals surface area (Å²) in [6, 6.07) is 14.8. The molecule has 1 aliphatic carbocycles. The normalized spacial score (nSPS) is 18.3. The SMILES string of the molecule is O=C(NCCc1ccccc1F)C1CCN(C(=O)C2(c3ccc(Br)cc3)CCC2)CC1. The highest BCUT2D eigenvalue weighted by molar-refractivity contribution is 9.10. The number of carbonyl (C=O) groups is 2. The molecule has 2 aromatic carbocycles. The molecular formula is C25H28BrFN2O2. The van der Waals surface area contributed by atoms with Crippen LogP contribution in [0.2, 0.25) is 0 Å². The molecule has 1 N–H and O–H groups in total. The molecule has 1 heterocycles. The van der Waals surface area contributed by atoms with Crippen LogP contribution in [0.25, 0.3) is 0 Å². The first kappa shape index (κ1) is 22.0. The zero-order valence-corrected chi connectivity index (χ0v) is 19.2. The predicted octanol–water partition coefficient (Wildman–Crippen LogP) is 4.61. The molecule has 1 saturated carbocycles. The number of benzene rings is 2. The van der Waals surface area contributed by atoms with E-state index in [9.17, 15) is 14.0 Å². The van der Waals surface area contributed by atoms with Gasteiger partial charge in [0.2, 0.25) is 11.8 Å². The molecule has 0 spiro atoms. The summed E-state index contributed by atoms with van der Waals surface area (Å²) in [6.45, 7) is 1.65. The molecule has 1 aliphatic heterocycles. The van der Waals surface area contributed by atoms with E-state index in [0.29, 0.717) is 44.5 Å². The molecule has 2 amide bonds. The first-order chi connectivity index (χ1) is 15.0. The Kier molecular flexibility index (Phi) is 6.75. The Morgan fingerprint density at radius 1 is 1.06 bits per heavy atom. The average Bonchev–Trinajstić information content (AvgIpc) is 2.75. The van der Waals surface area contributed by atoms with Gasteiger partial charge in [0.25, 0.3) is 0 Å². The van der Waals surface area contributed by atoms with Crippen molar-refractivity contribution in [2.45, 2.75) is 43.9 Å². The summed E-state index contributed by atoms with van der Waals surface area (Å²) in [4.78, 5) is 27.9. The lowest BCUT2D eigenvalue weighted by molar-refractivity contribution is -0.144. The highest BCUT2D eigenvalue weighted by Gasteiger charge is 2.48. The highest BCUT2D eigenvalue weighted by atomic mass is 79.9. The van der Waals surface area contributed by atoms with Crippen LogP contribution in [0, 0.1) is 11.7 Å². The van der Waals surface area contributed by atoms with Crippen molar-refractivity contribution in [3.8, 4) is 0 Å². The Labute approximate surface area is 191 Å². The number of nitrogens with zero attached hydrogens (tertiary/aromatic N) is 1. The molecule has 2 aliphatic rings. The number of nitrogens with one attached hydrogen (secondary N) is 1. The van der Waals surface area contributed by atoms with Gasteiger partial charge in [-0.05, 0) is 61.4 Å². The summed E-state index contributed by atoms with van der Waals surface area (Å²) >= 11 is 3.47. The van der Waals surface area contributed by atoms with Crippen LogP contribution in [0.3, 0.4) is 0 Å². The van der Waals surface area contributed by atoms with E-state index >= 15 is 0 Å². The van der Waals surface area contributed by atoms with Gasteiger partial charge in [-0.1, -0.05) is 52.7 Å². The summed E-state index contributed by atoms with van der Waals surface area (Å²) in [5, 5.41) is 2.94. The lowest BCUT2D eigenvalue weighted by Crippen LogP contribution is -2.53. The van der Waals surface area contributed by atoms with Crippen molar-refractivity contribution in [1.82, 2.24) is 10.2 Å². The molecule has 0 atom stereocenters. The minimum atomic E-state index is -0.393. The lowest BCUT2D eigenvalue weighted by atomic mass is 9.63. The van der Waals surface area contributed by atoms with Crippen molar-refractivity contribution in [3.63, 3.8) is 0 Å². The van der Waals surface area contributed by atoms with Crippen molar-refractivity contribution >= 4 is 27.7 Å². The van der Waals surface area contributed by atoms with E-state index in [-0.39, 0.29) is 23.5 Å². The standard InChI is InChI=1S/C25H28BrFN2O2/c26-21-8-6-20(7-9-21)25(13-3-14-25)24(31)29-16-11-19(12-17-29)23(30)28-15-10-18-4-1-2-5-22(18)27/h1-2,4-9,19H,3,10-17H2,(H,28,30). The van der Waals surface area contributed by atoms with Crippen LogP contribution in [-0.4, -0.2) is 36.3 Å². The number of carbonyl (C=O) groups excluding carboxylic acids is 2. The molecule has 0 unspecified atom stereocenters. The number of piperidine rings is 1. The van der Waals surface area contributed by atoms with E-state index in [1.165, 1.54) is 6.07 Å². The summed E-state index contributed by atoms with van der Waals surface area (Å²) < 4.78 is 14.7. The number of rotatable bonds is 6. The van der Waals surface area contributed by atoms with Crippen LogP contribution < -0.4 is 5.32 Å². The summed E-state index contributed by atoms with van der Waals surface area (Å²) in [5.41, 5.74) is 1.32. The molecule has 6 heteroatoms. The molecule has 4 nitrogen and oxygen atoms in total. The maximum Gasteiger partial charge on any atom is 0.233 e. The second-order valence-electron chi connectivity index (χ2n) is 8.64. The van der Waals surface area contributed by atoms with Gasteiger partial charge in [-0.3, -0.25) is 9.59 Å². The number of likely N-dealkylation sites (tertiary alicyclic amines) is 1. The minimum absolute atomic E-state index is 0.00899. The fourth-order valence-corrected chi connectivity index (χ4v) is 5.00. The average molecular weight is 487 g/mol. The van der Waals surface area contributed by atoms with Gasteiger partial charge in [-0.15, -0.1) is 0 Å². The second kappa shape index (κ2) is 9.51. The molecule has 0 radical (unpaired) electrons. The van der Waals surface area contributed by atoms with Crippen LogP contribution in [0.5, 0.6) is 0 Å². The first-order valence-corrected chi connectivity index (χ1v) is 11.9. The number of halogens is 2. The summed E-state index contributed by atoms with van der Waals surface area (Å²) in [7, 11) is 0. The molecule has 2 fully saturated rings. The second-order valence-corrected chi connectivity index (χ2v) is 9.56. The summed E-state index contributed by atoms with van der Waals surface area (Å²) in [5.74, 6) is -0.108. The lowest BCUT2D eigenvalue weighted by Gasteiger charge is -2.45. The summed E-state index contributed by atoms with van der Waals surface area (Å²) in [6.07, 6.45) is 4.68. The van der Waals surface area contributed by atoms with Gasteiger partial charge >= 0.3 is 0 Å². The third-order valence-corrected chi connectivity index (χ3v) is 7.35. The number of amides is 2. The van der Waals surface area contributed by atoms with Gasteiger partial charge < -0.3 is 10.2 Å². The van der Waals surface area contributed by atoms with Gasteiger partial charge in [-0.25, -0.2) is 4.39 Å². The first-order valence-electron chi connectivity index (χ1n) is 11.1. The van der Waals surface area contributed by atoms with Crippen LogP contribution in [-0.2, 0) is 21.4 Å². The predicted molar refractivity (Wildman–Crippen MR) is 122 cm³/mol. The topological polar surface area (TPSA) is 49.4 Å². The molecule has 4 rings (SSSR count). The van der Waals surface area contributed by atoms with E-state index in [1.54, 1.807) is 18.2 Å². The van der Waals surface area contributed by atoms with Gasteiger partial charge in [0, 0.05) is 30.0 Å². The van der Waals surface area contributed by atoms with E-state index in [1.807, 2.05) is 17.0 Å². The molecule has 2 aromatic rings. The van der Waals surface area contributed by atoms with Crippen molar-refractivity contribution in [2.75, 3.05) is 19.6 Å². The number of hydrogen-bond acceptors (Lipinski definition) is 2. The molecule has 1 saturated heterocycles. The maximum absolute atomic E-state index is 13.7. The highest BCUT2D eigenvalue weighted by Crippen LogP contribution is 2.46. The van der Waals surface area contributed by atoms with Gasteiger partial charge in [0.15, 0.2) is 0 Å². The van der Waals surface area contributed by atoms with Crippen molar-refractivity contribution in [2.24, 2.45) is 5.92 Å². The molecule has 0 bridgehead atoms. The fraction of sp³-hybridized carbons (Fsp3) is 0.440. The third-order valence-electron chi connectivity index (χ3n) is 6.82. The molecule has 31 heavy (non-hydrogen) atoms. The Bertz CT molecular complexity index is 935. The monoisotopic (exact) mass is 486 g/mol. The Morgan fingerprint density at radius 2 is 1.74 bits per heavy atom. The maximum atomic E-state index is 13.7. The van der Waals surface area contributed by atoms with Crippen LogP contribution in [0.15, 0.2) is 53.0 Å². The third kappa shape index (κ3) is 4.69. The van der Waals surface area contributed by atoms with Crippen molar-refractivity contribution in [1.29, 1.82) is 0 Å². The quantitative estimate of drug-likeness (QED) is 0.647. The van der Waals surface area contributed by atoms with Gasteiger partial charge in [0.1, 0.15) is 5.82 Å². The minimum Gasteiger partial charge on any atom is -0.356 e. The van der Waals surface area contributed by atoms with E-state index < -0.39 is 5.41 Å². The molecule has 164 valence electrons. The van der Waals surface area contributed by atoms with Gasteiger partial charge in [0.05, 0.1) is 5.41 Å². The van der Waals surface area contributed by atoms with Crippen LogP contribution in [0.4, 0.5) is 4.39 Å². The Balaban J connectivity index is 1.29. The Hall–Kier alpha value is -2.21. The van der Waals surface area contributed by atoms with Crippen LogP contribution in [0.1, 0.15) is 43.2 Å².